The van der Waals surface area contributed by atoms with Crippen molar-refractivity contribution in [1.82, 2.24) is 14.7 Å². The van der Waals surface area contributed by atoms with Gasteiger partial charge in [0.2, 0.25) is 0 Å². The van der Waals surface area contributed by atoms with E-state index in [4.69, 9.17) is 9.15 Å². The van der Waals surface area contributed by atoms with Gasteiger partial charge in [-0.15, -0.1) is 0 Å². The molecule has 136 valence electrons. The number of carbonyl (C=O) groups excluding carboxylic acids is 1. The van der Waals surface area contributed by atoms with Crippen LogP contribution >= 0.6 is 0 Å². The van der Waals surface area contributed by atoms with E-state index in [-0.39, 0.29) is 12.0 Å². The Balaban J connectivity index is 1.57. The van der Waals surface area contributed by atoms with Crippen LogP contribution in [0.5, 0.6) is 0 Å². The summed E-state index contributed by atoms with van der Waals surface area (Å²) in [4.78, 5) is 15.0. The normalized spacial score (nSPS) is 18.2. The van der Waals surface area contributed by atoms with E-state index in [1.54, 1.807) is 6.20 Å². The van der Waals surface area contributed by atoms with Gasteiger partial charge in [-0.2, -0.15) is 5.10 Å². The van der Waals surface area contributed by atoms with E-state index < -0.39 is 0 Å². The highest BCUT2D eigenvalue weighted by molar-refractivity contribution is 5.99. The zero-order valence-electron chi connectivity index (χ0n) is 15.1. The highest BCUT2D eigenvalue weighted by atomic mass is 16.5. The monoisotopic (exact) mass is 353 g/mol. The van der Waals surface area contributed by atoms with E-state index in [1.807, 2.05) is 53.9 Å². The van der Waals surface area contributed by atoms with Gasteiger partial charge in [-0.25, -0.2) is 0 Å². The predicted octanol–water partition coefficient (Wildman–Crippen LogP) is 3.18. The molecule has 3 aromatic rings. The van der Waals surface area contributed by atoms with Crippen molar-refractivity contribution in [3.05, 3.63) is 53.5 Å². The smallest absolute Gasteiger partial charge is 0.289 e. The number of fused-ring (bicyclic) bond motifs is 1. The molecule has 1 unspecified atom stereocenters. The van der Waals surface area contributed by atoms with Gasteiger partial charge < -0.3 is 14.1 Å². The van der Waals surface area contributed by atoms with Gasteiger partial charge in [-0.1, -0.05) is 12.1 Å². The fourth-order valence-electron chi connectivity index (χ4n) is 3.49. The van der Waals surface area contributed by atoms with Crippen molar-refractivity contribution in [2.75, 3.05) is 19.7 Å². The van der Waals surface area contributed by atoms with Crippen LogP contribution in [0.15, 0.2) is 41.1 Å². The van der Waals surface area contributed by atoms with Crippen LogP contribution in [0.1, 0.15) is 28.1 Å². The number of benzene rings is 1. The van der Waals surface area contributed by atoms with Gasteiger partial charge >= 0.3 is 0 Å². The average molecular weight is 353 g/mol. The lowest BCUT2D eigenvalue weighted by atomic mass is 10.1. The Morgan fingerprint density at radius 3 is 3.04 bits per heavy atom. The maximum absolute atomic E-state index is 13.1. The zero-order valence-corrected chi connectivity index (χ0v) is 15.1. The molecule has 1 aliphatic rings. The third-order valence-electron chi connectivity index (χ3n) is 4.88. The minimum absolute atomic E-state index is 0.0627. The van der Waals surface area contributed by atoms with E-state index in [0.29, 0.717) is 32.0 Å². The Kier molecular flexibility index (Phi) is 4.51. The van der Waals surface area contributed by atoms with E-state index in [9.17, 15) is 4.79 Å². The molecule has 4 rings (SSSR count). The molecular weight excluding hydrogens is 330 g/mol. The molecule has 0 aliphatic carbocycles. The standard InChI is InChI=1S/C20H23N3O3/c1-14-5-6-17-15(2)19(26-18(17)11-14)20(24)22-8-4-10-25-16(12-22)13-23-9-3-7-21-23/h3,5-7,9,11,16H,4,8,10,12-13H2,1-2H3. The number of nitrogens with zero attached hydrogens (tertiary/aromatic N) is 3. The van der Waals surface area contributed by atoms with Crippen molar-refractivity contribution < 1.29 is 13.9 Å². The second-order valence-electron chi connectivity index (χ2n) is 6.88. The molecule has 0 bridgehead atoms. The Hall–Kier alpha value is -2.60. The average Bonchev–Trinajstić information content (AvgIpc) is 3.17. The molecule has 0 radical (unpaired) electrons. The van der Waals surface area contributed by atoms with Crippen molar-refractivity contribution in [1.29, 1.82) is 0 Å². The number of aromatic nitrogens is 2. The summed E-state index contributed by atoms with van der Waals surface area (Å²) in [6, 6.07) is 7.93. The number of hydrogen-bond acceptors (Lipinski definition) is 4. The lowest BCUT2D eigenvalue weighted by Crippen LogP contribution is -2.38. The summed E-state index contributed by atoms with van der Waals surface area (Å²) in [5, 5.41) is 5.23. The summed E-state index contributed by atoms with van der Waals surface area (Å²) >= 11 is 0. The van der Waals surface area contributed by atoms with Gasteiger partial charge in [-0.3, -0.25) is 9.48 Å². The Labute approximate surface area is 152 Å². The van der Waals surface area contributed by atoms with Gasteiger partial charge in [0.25, 0.3) is 5.91 Å². The summed E-state index contributed by atoms with van der Waals surface area (Å²) in [5.41, 5.74) is 2.79. The van der Waals surface area contributed by atoms with E-state index in [0.717, 1.165) is 28.5 Å². The first-order chi connectivity index (χ1) is 12.6. The number of amides is 1. The molecule has 1 aliphatic heterocycles. The highest BCUT2D eigenvalue weighted by Crippen LogP contribution is 2.27. The van der Waals surface area contributed by atoms with Crippen molar-refractivity contribution in [3.8, 4) is 0 Å². The summed E-state index contributed by atoms with van der Waals surface area (Å²) < 4.78 is 13.7. The van der Waals surface area contributed by atoms with E-state index >= 15 is 0 Å². The van der Waals surface area contributed by atoms with Crippen LogP contribution in [-0.4, -0.2) is 46.4 Å². The molecule has 0 spiro atoms. The molecule has 1 atom stereocenters. The Morgan fingerprint density at radius 2 is 2.23 bits per heavy atom. The minimum Gasteiger partial charge on any atom is -0.451 e. The molecular formula is C20H23N3O3. The lowest BCUT2D eigenvalue weighted by Gasteiger charge is -2.23. The second kappa shape index (κ2) is 6.96. The molecule has 1 saturated heterocycles. The predicted molar refractivity (Wildman–Crippen MR) is 98.2 cm³/mol. The Morgan fingerprint density at radius 1 is 1.35 bits per heavy atom. The van der Waals surface area contributed by atoms with Crippen LogP contribution in [0.4, 0.5) is 0 Å². The van der Waals surface area contributed by atoms with Gasteiger partial charge in [0.15, 0.2) is 5.76 Å². The summed E-state index contributed by atoms with van der Waals surface area (Å²) in [6.45, 7) is 6.45. The molecule has 1 fully saturated rings. The van der Waals surface area contributed by atoms with Crippen LogP contribution in [0.3, 0.4) is 0 Å². The van der Waals surface area contributed by atoms with Gasteiger partial charge in [0.05, 0.1) is 12.6 Å². The number of carbonyl (C=O) groups is 1. The van der Waals surface area contributed by atoms with Crippen molar-refractivity contribution in [3.63, 3.8) is 0 Å². The molecule has 6 nitrogen and oxygen atoms in total. The van der Waals surface area contributed by atoms with E-state index in [2.05, 4.69) is 5.10 Å². The summed E-state index contributed by atoms with van der Waals surface area (Å²) in [6.07, 6.45) is 4.40. The van der Waals surface area contributed by atoms with Crippen LogP contribution in [0.25, 0.3) is 11.0 Å². The minimum atomic E-state index is -0.0757. The lowest BCUT2D eigenvalue weighted by molar-refractivity contribution is 0.0358. The molecule has 26 heavy (non-hydrogen) atoms. The number of aryl methyl sites for hydroxylation is 2. The van der Waals surface area contributed by atoms with Crippen LogP contribution in [-0.2, 0) is 11.3 Å². The molecule has 6 heteroatoms. The number of rotatable bonds is 3. The maximum Gasteiger partial charge on any atom is 0.289 e. The molecule has 3 heterocycles. The molecule has 2 aromatic heterocycles. The number of ether oxygens (including phenoxy) is 1. The first kappa shape index (κ1) is 16.8. The summed E-state index contributed by atoms with van der Waals surface area (Å²) in [5.74, 6) is 0.373. The van der Waals surface area contributed by atoms with Crippen molar-refractivity contribution in [2.24, 2.45) is 0 Å². The topological polar surface area (TPSA) is 60.5 Å². The van der Waals surface area contributed by atoms with Crippen molar-refractivity contribution >= 4 is 16.9 Å². The molecule has 1 amide bonds. The van der Waals surface area contributed by atoms with Crippen LogP contribution in [0, 0.1) is 13.8 Å². The van der Waals surface area contributed by atoms with Gasteiger partial charge in [0, 0.05) is 43.0 Å². The zero-order chi connectivity index (χ0) is 18.1. The quantitative estimate of drug-likeness (QED) is 0.726. The Bertz CT molecular complexity index is 914. The molecule has 0 N–H and O–H groups in total. The van der Waals surface area contributed by atoms with Crippen molar-refractivity contribution in [2.45, 2.75) is 32.9 Å². The fourth-order valence-corrected chi connectivity index (χ4v) is 3.49. The first-order valence-electron chi connectivity index (χ1n) is 9.00. The molecule has 1 aromatic carbocycles. The third-order valence-corrected chi connectivity index (χ3v) is 4.88. The van der Waals surface area contributed by atoms with Gasteiger partial charge in [-0.05, 0) is 38.0 Å². The van der Waals surface area contributed by atoms with E-state index in [1.165, 1.54) is 0 Å². The first-order valence-corrected chi connectivity index (χ1v) is 9.00. The SMILES string of the molecule is Cc1ccc2c(C)c(C(=O)N3CCCOC(Cn4cccn4)C3)oc2c1. The second-order valence-corrected chi connectivity index (χ2v) is 6.88. The van der Waals surface area contributed by atoms with Crippen LogP contribution in [0.2, 0.25) is 0 Å². The fraction of sp³-hybridized carbons (Fsp3) is 0.400. The maximum atomic E-state index is 13.1. The largest absolute Gasteiger partial charge is 0.451 e. The van der Waals surface area contributed by atoms with Gasteiger partial charge in [0.1, 0.15) is 5.58 Å². The number of furan rings is 1. The number of hydrogen-bond donors (Lipinski definition) is 0. The third kappa shape index (κ3) is 3.24. The molecule has 0 saturated carbocycles. The highest BCUT2D eigenvalue weighted by Gasteiger charge is 2.27. The summed E-state index contributed by atoms with van der Waals surface area (Å²) in [7, 11) is 0. The van der Waals surface area contributed by atoms with Crippen LogP contribution < -0.4 is 0 Å².